The maximum Gasteiger partial charge on any atom is 0.0992 e. The molecule has 4 heteroatoms. The minimum absolute atomic E-state index is 0.149. The van der Waals surface area contributed by atoms with Crippen LogP contribution in [0.2, 0.25) is 0 Å². The summed E-state index contributed by atoms with van der Waals surface area (Å²) in [4.78, 5) is 0. The van der Waals surface area contributed by atoms with Crippen LogP contribution in [0.25, 0.3) is 0 Å². The van der Waals surface area contributed by atoms with Gasteiger partial charge in [0, 0.05) is 30.4 Å². The maximum absolute atomic E-state index is 10.7. The molecule has 2 rings (SSSR count). The quantitative estimate of drug-likeness (QED) is 0.862. The molecule has 2 atom stereocenters. The predicted octanol–water partition coefficient (Wildman–Crippen LogP) is 3.08. The number of hydrogen-bond donors (Lipinski definition) is 2. The number of benzene rings is 1. The van der Waals surface area contributed by atoms with Crippen LogP contribution in [0.5, 0.6) is 0 Å². The van der Waals surface area contributed by atoms with Gasteiger partial charge in [-0.1, -0.05) is 30.3 Å². The number of nitrogens with zero attached hydrogens (tertiary/aromatic N) is 2. The van der Waals surface area contributed by atoms with E-state index < -0.39 is 5.60 Å². The van der Waals surface area contributed by atoms with E-state index in [1.807, 2.05) is 48.9 Å². The third kappa shape index (κ3) is 3.39. The molecule has 1 aromatic heterocycles. The molecule has 0 fully saturated rings. The van der Waals surface area contributed by atoms with E-state index in [9.17, 15) is 5.11 Å². The van der Waals surface area contributed by atoms with Crippen molar-refractivity contribution in [3.05, 3.63) is 52.8 Å². The van der Waals surface area contributed by atoms with Crippen LogP contribution in [0.1, 0.15) is 49.3 Å². The fourth-order valence-electron chi connectivity index (χ4n) is 3.00. The first-order chi connectivity index (χ1) is 10.4. The van der Waals surface area contributed by atoms with Gasteiger partial charge >= 0.3 is 0 Å². The van der Waals surface area contributed by atoms with Crippen LogP contribution in [0.15, 0.2) is 30.3 Å². The second-order valence-electron chi connectivity index (χ2n) is 6.14. The molecule has 0 bridgehead atoms. The third-order valence-electron chi connectivity index (χ3n) is 4.32. The zero-order valence-electron chi connectivity index (χ0n) is 14.2. The normalized spacial score (nSPS) is 15.5. The minimum atomic E-state index is -0.891. The van der Waals surface area contributed by atoms with E-state index >= 15 is 0 Å². The summed E-state index contributed by atoms with van der Waals surface area (Å²) in [5.74, 6) is 0. The molecule has 2 N–H and O–H groups in total. The average molecular weight is 301 g/mol. The molecular formula is C18H27N3O. The summed E-state index contributed by atoms with van der Waals surface area (Å²) >= 11 is 0. The maximum atomic E-state index is 10.7. The van der Waals surface area contributed by atoms with E-state index in [0.29, 0.717) is 6.54 Å². The summed E-state index contributed by atoms with van der Waals surface area (Å²) in [5.41, 5.74) is 3.51. The molecule has 0 amide bonds. The van der Waals surface area contributed by atoms with E-state index in [-0.39, 0.29) is 6.04 Å². The van der Waals surface area contributed by atoms with Gasteiger partial charge in [-0.15, -0.1) is 0 Å². The topological polar surface area (TPSA) is 50.1 Å². The largest absolute Gasteiger partial charge is 0.384 e. The molecule has 120 valence electrons. The number of aryl methyl sites for hydroxylation is 2. The average Bonchev–Trinajstić information content (AvgIpc) is 2.80. The SMILES string of the molecule is CCn1nc(C)c(C(C)NCC(C)(O)c2ccccc2)c1C. The Morgan fingerprint density at radius 2 is 1.91 bits per heavy atom. The van der Waals surface area contributed by atoms with Crippen LogP contribution in [0.4, 0.5) is 0 Å². The van der Waals surface area contributed by atoms with Gasteiger partial charge in [0.2, 0.25) is 0 Å². The van der Waals surface area contributed by atoms with Crippen molar-refractivity contribution in [3.63, 3.8) is 0 Å². The lowest BCUT2D eigenvalue weighted by molar-refractivity contribution is 0.0543. The Morgan fingerprint density at radius 3 is 2.45 bits per heavy atom. The summed E-state index contributed by atoms with van der Waals surface area (Å²) in [5, 5.41) is 18.7. The molecule has 0 saturated carbocycles. The van der Waals surface area contributed by atoms with E-state index in [1.165, 1.54) is 11.3 Å². The lowest BCUT2D eigenvalue weighted by Crippen LogP contribution is -2.36. The number of rotatable bonds is 6. The van der Waals surface area contributed by atoms with E-state index in [2.05, 4.69) is 31.2 Å². The van der Waals surface area contributed by atoms with Crippen LogP contribution in [0, 0.1) is 13.8 Å². The molecule has 0 spiro atoms. The number of hydrogen-bond acceptors (Lipinski definition) is 3. The van der Waals surface area contributed by atoms with Gasteiger partial charge in [-0.25, -0.2) is 0 Å². The Balaban J connectivity index is 2.10. The fraction of sp³-hybridized carbons (Fsp3) is 0.500. The summed E-state index contributed by atoms with van der Waals surface area (Å²) < 4.78 is 2.03. The van der Waals surface area contributed by atoms with Gasteiger partial charge in [0.15, 0.2) is 0 Å². The second kappa shape index (κ2) is 6.63. The molecular weight excluding hydrogens is 274 g/mol. The second-order valence-corrected chi connectivity index (χ2v) is 6.14. The first kappa shape index (κ1) is 16.7. The van der Waals surface area contributed by atoms with Gasteiger partial charge in [-0.3, -0.25) is 4.68 Å². The fourth-order valence-corrected chi connectivity index (χ4v) is 3.00. The van der Waals surface area contributed by atoms with Gasteiger partial charge in [-0.2, -0.15) is 5.10 Å². The Bertz CT molecular complexity index is 617. The molecule has 22 heavy (non-hydrogen) atoms. The van der Waals surface area contributed by atoms with Gasteiger partial charge < -0.3 is 10.4 Å². The zero-order valence-corrected chi connectivity index (χ0v) is 14.2. The van der Waals surface area contributed by atoms with Crippen LogP contribution < -0.4 is 5.32 Å². The van der Waals surface area contributed by atoms with E-state index in [4.69, 9.17) is 0 Å². The van der Waals surface area contributed by atoms with Crippen LogP contribution in [-0.2, 0) is 12.1 Å². The molecule has 0 aliphatic carbocycles. The molecule has 0 saturated heterocycles. The van der Waals surface area contributed by atoms with Gasteiger partial charge in [-0.05, 0) is 40.2 Å². The monoisotopic (exact) mass is 301 g/mol. The summed E-state index contributed by atoms with van der Waals surface area (Å²) in [6, 6.07) is 9.92. The summed E-state index contributed by atoms with van der Waals surface area (Å²) in [6.45, 7) is 11.6. The molecule has 2 unspecified atom stereocenters. The van der Waals surface area contributed by atoms with Gasteiger partial charge in [0.05, 0.1) is 11.3 Å². The van der Waals surface area contributed by atoms with Crippen molar-refractivity contribution in [1.82, 2.24) is 15.1 Å². The zero-order chi connectivity index (χ0) is 16.3. The summed E-state index contributed by atoms with van der Waals surface area (Å²) in [6.07, 6.45) is 0. The van der Waals surface area contributed by atoms with Crippen molar-refractivity contribution in [1.29, 1.82) is 0 Å². The lowest BCUT2D eigenvalue weighted by Gasteiger charge is -2.27. The predicted molar refractivity (Wildman–Crippen MR) is 89.8 cm³/mol. The first-order valence-corrected chi connectivity index (χ1v) is 7.92. The lowest BCUT2D eigenvalue weighted by atomic mass is 9.95. The Hall–Kier alpha value is -1.65. The number of aliphatic hydroxyl groups is 1. The van der Waals surface area contributed by atoms with Crippen molar-refractivity contribution in [2.24, 2.45) is 0 Å². The standard InChI is InChI=1S/C18H27N3O/c1-6-21-15(4)17(14(3)20-21)13(2)19-12-18(5,22)16-10-8-7-9-11-16/h7-11,13,19,22H,6,12H2,1-5H3. The highest BCUT2D eigenvalue weighted by molar-refractivity contribution is 5.28. The number of nitrogens with one attached hydrogen (secondary N) is 1. The van der Waals surface area contributed by atoms with Gasteiger partial charge in [0.1, 0.15) is 0 Å². The molecule has 1 aromatic carbocycles. The van der Waals surface area contributed by atoms with Crippen molar-refractivity contribution in [2.45, 2.75) is 52.8 Å². The minimum Gasteiger partial charge on any atom is -0.384 e. The highest BCUT2D eigenvalue weighted by atomic mass is 16.3. The molecule has 0 aliphatic rings. The van der Waals surface area contributed by atoms with Crippen LogP contribution >= 0.6 is 0 Å². The van der Waals surface area contributed by atoms with Crippen LogP contribution in [-0.4, -0.2) is 21.4 Å². The van der Waals surface area contributed by atoms with E-state index in [0.717, 1.165) is 17.8 Å². The molecule has 0 aliphatic heterocycles. The molecule has 0 radical (unpaired) electrons. The Labute approximate surface area is 133 Å². The van der Waals surface area contributed by atoms with Crippen molar-refractivity contribution in [2.75, 3.05) is 6.54 Å². The molecule has 4 nitrogen and oxygen atoms in total. The first-order valence-electron chi connectivity index (χ1n) is 7.92. The molecule has 2 aromatic rings. The van der Waals surface area contributed by atoms with Crippen LogP contribution in [0.3, 0.4) is 0 Å². The summed E-state index contributed by atoms with van der Waals surface area (Å²) in [7, 11) is 0. The third-order valence-corrected chi connectivity index (χ3v) is 4.32. The Kier molecular flexibility index (Phi) is 5.04. The Morgan fingerprint density at radius 1 is 1.27 bits per heavy atom. The van der Waals surface area contributed by atoms with Crippen molar-refractivity contribution < 1.29 is 5.11 Å². The van der Waals surface area contributed by atoms with Gasteiger partial charge in [0.25, 0.3) is 0 Å². The smallest absolute Gasteiger partial charge is 0.0992 e. The highest BCUT2D eigenvalue weighted by Crippen LogP contribution is 2.24. The van der Waals surface area contributed by atoms with E-state index in [1.54, 1.807) is 0 Å². The van der Waals surface area contributed by atoms with Crippen molar-refractivity contribution >= 4 is 0 Å². The highest BCUT2D eigenvalue weighted by Gasteiger charge is 2.25. The van der Waals surface area contributed by atoms with Crippen molar-refractivity contribution in [3.8, 4) is 0 Å². The molecule has 1 heterocycles. The number of aromatic nitrogens is 2.